The first-order valence-electron chi connectivity index (χ1n) is 8.71. The van der Waals surface area contributed by atoms with E-state index in [9.17, 15) is 4.79 Å². The highest BCUT2D eigenvalue weighted by atomic mass is 16.2. The van der Waals surface area contributed by atoms with Crippen LogP contribution in [0, 0.1) is 12.8 Å². The van der Waals surface area contributed by atoms with Gasteiger partial charge in [0.15, 0.2) is 0 Å². The Hall–Kier alpha value is -2.30. The zero-order valence-electron chi connectivity index (χ0n) is 14.4. The van der Waals surface area contributed by atoms with Crippen molar-refractivity contribution < 1.29 is 4.79 Å². The topological polar surface area (TPSA) is 41.4 Å². The van der Waals surface area contributed by atoms with E-state index in [1.165, 1.54) is 16.8 Å². The molecule has 1 aliphatic carbocycles. The molecule has 0 N–H and O–H groups in total. The number of aromatic nitrogens is 2. The van der Waals surface area contributed by atoms with Crippen LogP contribution in [-0.2, 0) is 11.8 Å². The number of anilines is 1. The fourth-order valence-corrected chi connectivity index (χ4v) is 3.71. The van der Waals surface area contributed by atoms with Crippen molar-refractivity contribution in [2.24, 2.45) is 13.0 Å². The molecule has 4 rings (SSSR count). The van der Waals surface area contributed by atoms with E-state index in [1.54, 1.807) is 0 Å². The van der Waals surface area contributed by atoms with Gasteiger partial charge in [-0.05, 0) is 42.5 Å². The number of piperazine rings is 1. The molecule has 5 heteroatoms. The molecule has 0 bridgehead atoms. The number of hydrogen-bond acceptors (Lipinski definition) is 3. The lowest BCUT2D eigenvalue weighted by Crippen LogP contribution is -2.49. The summed E-state index contributed by atoms with van der Waals surface area (Å²) in [5, 5.41) is 4.22. The van der Waals surface area contributed by atoms with Crippen LogP contribution in [0.4, 0.5) is 5.69 Å². The largest absolute Gasteiger partial charge is 0.368 e. The average Bonchev–Trinajstić information content (AvgIpc) is 3.28. The zero-order chi connectivity index (χ0) is 16.7. The van der Waals surface area contributed by atoms with Crippen LogP contribution in [-0.4, -0.2) is 46.8 Å². The van der Waals surface area contributed by atoms with Crippen molar-refractivity contribution in [2.45, 2.75) is 19.3 Å². The first kappa shape index (κ1) is 15.2. The van der Waals surface area contributed by atoms with Crippen molar-refractivity contribution in [3.05, 3.63) is 47.8 Å². The van der Waals surface area contributed by atoms with Gasteiger partial charge < -0.3 is 9.80 Å². The maximum atomic E-state index is 12.7. The minimum absolute atomic E-state index is 0.166. The van der Waals surface area contributed by atoms with Crippen LogP contribution < -0.4 is 4.90 Å². The minimum Gasteiger partial charge on any atom is -0.368 e. The molecule has 1 saturated carbocycles. The first-order chi connectivity index (χ1) is 11.6. The predicted octanol–water partition coefficient (Wildman–Crippen LogP) is 2.18. The molecule has 24 heavy (non-hydrogen) atoms. The maximum absolute atomic E-state index is 12.7. The Morgan fingerprint density at radius 2 is 2.00 bits per heavy atom. The van der Waals surface area contributed by atoms with Gasteiger partial charge in [-0.15, -0.1) is 0 Å². The van der Waals surface area contributed by atoms with Crippen molar-refractivity contribution in [3.8, 4) is 0 Å². The third-order valence-electron chi connectivity index (χ3n) is 5.22. The number of nitrogens with zero attached hydrogens (tertiary/aromatic N) is 4. The van der Waals surface area contributed by atoms with Gasteiger partial charge >= 0.3 is 0 Å². The summed E-state index contributed by atoms with van der Waals surface area (Å²) in [6, 6.07) is 8.60. The van der Waals surface area contributed by atoms with E-state index in [4.69, 9.17) is 0 Å². The second-order valence-electron chi connectivity index (χ2n) is 7.05. The number of aryl methyl sites for hydroxylation is 2. The molecule has 2 aliphatic rings. The first-order valence-corrected chi connectivity index (χ1v) is 8.71. The lowest BCUT2D eigenvalue weighted by molar-refractivity contribution is -0.132. The lowest BCUT2D eigenvalue weighted by atomic mass is 10.1. The molecule has 2 unspecified atom stereocenters. The second kappa shape index (κ2) is 5.96. The van der Waals surface area contributed by atoms with Crippen LogP contribution in [0.3, 0.4) is 0 Å². The van der Waals surface area contributed by atoms with Crippen LogP contribution in [0.2, 0.25) is 0 Å². The monoisotopic (exact) mass is 324 g/mol. The molecule has 0 radical (unpaired) electrons. The normalized spacial score (nSPS) is 23.4. The predicted molar refractivity (Wildman–Crippen MR) is 94.0 cm³/mol. The molecule has 1 aliphatic heterocycles. The Labute approximate surface area is 142 Å². The van der Waals surface area contributed by atoms with E-state index >= 15 is 0 Å². The third-order valence-corrected chi connectivity index (χ3v) is 5.22. The van der Waals surface area contributed by atoms with Crippen molar-refractivity contribution in [2.75, 3.05) is 31.1 Å². The van der Waals surface area contributed by atoms with E-state index in [0.29, 0.717) is 11.8 Å². The van der Waals surface area contributed by atoms with Gasteiger partial charge in [-0.3, -0.25) is 9.48 Å². The standard InChI is InChI=1S/C19H24N4O/c1-14-4-3-5-16(10-14)22-6-8-23(9-7-22)19(24)18-11-17(18)15-12-20-21(2)13-15/h3-5,10,12-13,17-18H,6-9,11H2,1-2H3. The fraction of sp³-hybridized carbons (Fsp3) is 0.474. The quantitative estimate of drug-likeness (QED) is 0.869. The summed E-state index contributed by atoms with van der Waals surface area (Å²) in [5.41, 5.74) is 3.75. The molecule has 2 fully saturated rings. The zero-order valence-corrected chi connectivity index (χ0v) is 14.4. The third kappa shape index (κ3) is 2.90. The summed E-state index contributed by atoms with van der Waals surface area (Å²) in [6.07, 6.45) is 4.91. The Morgan fingerprint density at radius 3 is 2.67 bits per heavy atom. The van der Waals surface area contributed by atoms with Crippen molar-refractivity contribution in [1.29, 1.82) is 0 Å². The highest BCUT2D eigenvalue weighted by molar-refractivity contribution is 5.83. The smallest absolute Gasteiger partial charge is 0.226 e. The van der Waals surface area contributed by atoms with Gasteiger partial charge in [-0.2, -0.15) is 5.10 Å². The highest BCUT2D eigenvalue weighted by Gasteiger charge is 2.46. The van der Waals surface area contributed by atoms with E-state index in [2.05, 4.69) is 41.2 Å². The molecule has 126 valence electrons. The van der Waals surface area contributed by atoms with Crippen LogP contribution in [0.5, 0.6) is 0 Å². The molecule has 1 aromatic carbocycles. The Bertz CT molecular complexity index is 745. The minimum atomic E-state index is 0.166. The van der Waals surface area contributed by atoms with Crippen LogP contribution in [0.1, 0.15) is 23.5 Å². The number of amides is 1. The van der Waals surface area contributed by atoms with Gasteiger partial charge in [0.2, 0.25) is 5.91 Å². The van der Waals surface area contributed by atoms with Gasteiger partial charge in [0.25, 0.3) is 0 Å². The van der Waals surface area contributed by atoms with Crippen molar-refractivity contribution in [1.82, 2.24) is 14.7 Å². The maximum Gasteiger partial charge on any atom is 0.226 e. The molecule has 1 amide bonds. The molecule has 2 heterocycles. The van der Waals surface area contributed by atoms with Crippen molar-refractivity contribution >= 4 is 11.6 Å². The highest BCUT2D eigenvalue weighted by Crippen LogP contribution is 2.48. The van der Waals surface area contributed by atoms with Crippen LogP contribution in [0.25, 0.3) is 0 Å². The Kier molecular flexibility index (Phi) is 3.79. The Balaban J connectivity index is 1.34. The molecule has 5 nitrogen and oxygen atoms in total. The van der Waals surface area contributed by atoms with Crippen molar-refractivity contribution in [3.63, 3.8) is 0 Å². The summed E-state index contributed by atoms with van der Waals surface area (Å²) in [5.74, 6) is 0.869. The van der Waals surface area contributed by atoms with E-state index < -0.39 is 0 Å². The molecule has 0 spiro atoms. The fourth-order valence-electron chi connectivity index (χ4n) is 3.71. The summed E-state index contributed by atoms with van der Waals surface area (Å²) in [4.78, 5) is 17.2. The van der Waals surface area contributed by atoms with E-state index in [-0.39, 0.29) is 5.92 Å². The van der Waals surface area contributed by atoms with Gasteiger partial charge in [-0.1, -0.05) is 12.1 Å². The van der Waals surface area contributed by atoms with Crippen LogP contribution in [0.15, 0.2) is 36.7 Å². The number of rotatable bonds is 3. The molecular weight excluding hydrogens is 300 g/mol. The van der Waals surface area contributed by atoms with Gasteiger partial charge in [0.1, 0.15) is 0 Å². The molecule has 2 atom stereocenters. The summed E-state index contributed by atoms with van der Waals surface area (Å²) in [6.45, 7) is 5.60. The van der Waals surface area contributed by atoms with E-state index in [1.807, 2.05) is 29.0 Å². The molecule has 1 saturated heterocycles. The second-order valence-corrected chi connectivity index (χ2v) is 7.05. The molecule has 1 aromatic heterocycles. The van der Waals surface area contributed by atoms with Gasteiger partial charge in [-0.25, -0.2) is 0 Å². The average molecular weight is 324 g/mol. The van der Waals surface area contributed by atoms with Gasteiger partial charge in [0.05, 0.1) is 6.20 Å². The van der Waals surface area contributed by atoms with Crippen LogP contribution >= 0.6 is 0 Å². The lowest BCUT2D eigenvalue weighted by Gasteiger charge is -2.36. The number of carbonyl (C=O) groups excluding carboxylic acids is 1. The molecular formula is C19H24N4O. The van der Waals surface area contributed by atoms with Gasteiger partial charge in [0, 0.05) is 51.0 Å². The number of benzene rings is 1. The summed E-state index contributed by atoms with van der Waals surface area (Å²) in [7, 11) is 1.92. The van der Waals surface area contributed by atoms with E-state index in [0.717, 1.165) is 32.6 Å². The SMILES string of the molecule is Cc1cccc(N2CCN(C(=O)C3CC3c3cnn(C)c3)CC2)c1. The Morgan fingerprint density at radius 1 is 1.21 bits per heavy atom. The number of carbonyl (C=O) groups is 1. The molecule has 2 aromatic rings. The summed E-state index contributed by atoms with van der Waals surface area (Å²) < 4.78 is 1.82. The summed E-state index contributed by atoms with van der Waals surface area (Å²) >= 11 is 0. The number of hydrogen-bond donors (Lipinski definition) is 0.